The van der Waals surface area contributed by atoms with Crippen molar-refractivity contribution in [2.75, 3.05) is 24.6 Å². The number of fused-ring (bicyclic) bond motifs is 1. The second-order valence-corrected chi connectivity index (χ2v) is 5.80. The van der Waals surface area contributed by atoms with Crippen LogP contribution in [0.15, 0.2) is 12.1 Å². The van der Waals surface area contributed by atoms with Crippen LogP contribution in [0, 0.1) is 6.92 Å². The molecule has 1 N–H and O–H groups in total. The molecule has 20 heavy (non-hydrogen) atoms. The van der Waals surface area contributed by atoms with Crippen molar-refractivity contribution in [3.63, 3.8) is 0 Å². The molecular formula is C16H25N3O. The maximum Gasteiger partial charge on any atom is 0.129 e. The number of pyridine rings is 1. The maximum atomic E-state index is 5.88. The van der Waals surface area contributed by atoms with Gasteiger partial charge in [-0.3, -0.25) is 0 Å². The van der Waals surface area contributed by atoms with Gasteiger partial charge in [0, 0.05) is 18.8 Å². The molecule has 4 heteroatoms. The predicted molar refractivity (Wildman–Crippen MR) is 81.1 cm³/mol. The van der Waals surface area contributed by atoms with Gasteiger partial charge in [0.15, 0.2) is 0 Å². The van der Waals surface area contributed by atoms with Crippen molar-refractivity contribution in [3.8, 4) is 0 Å². The lowest BCUT2D eigenvalue weighted by Crippen LogP contribution is -2.49. The van der Waals surface area contributed by atoms with Crippen molar-refractivity contribution in [3.05, 3.63) is 23.4 Å². The third-order valence-electron chi connectivity index (χ3n) is 4.52. The molecule has 2 heterocycles. The van der Waals surface area contributed by atoms with Crippen molar-refractivity contribution >= 4 is 5.82 Å². The van der Waals surface area contributed by atoms with Gasteiger partial charge < -0.3 is 15.0 Å². The van der Waals surface area contributed by atoms with E-state index >= 15 is 0 Å². The van der Waals surface area contributed by atoms with E-state index in [0.717, 1.165) is 37.8 Å². The number of ether oxygens (including phenoxy) is 1. The Morgan fingerprint density at radius 2 is 2.30 bits per heavy atom. The number of nitrogens with zero attached hydrogens (tertiary/aromatic N) is 2. The lowest BCUT2D eigenvalue weighted by molar-refractivity contribution is 0.0253. The van der Waals surface area contributed by atoms with E-state index in [0.29, 0.717) is 12.1 Å². The first-order valence-electron chi connectivity index (χ1n) is 7.85. The van der Waals surface area contributed by atoms with Gasteiger partial charge in [-0.25, -0.2) is 4.98 Å². The van der Waals surface area contributed by atoms with E-state index in [1.165, 1.54) is 24.8 Å². The van der Waals surface area contributed by atoms with E-state index in [2.05, 4.69) is 36.2 Å². The van der Waals surface area contributed by atoms with Gasteiger partial charge in [-0.1, -0.05) is 13.0 Å². The monoisotopic (exact) mass is 275 g/mol. The highest BCUT2D eigenvalue weighted by Crippen LogP contribution is 2.32. The minimum absolute atomic E-state index is 0.423. The van der Waals surface area contributed by atoms with Gasteiger partial charge in [-0.15, -0.1) is 0 Å². The SMILES string of the molecule is CCNCc1ccc(N2CCOC3CCCC32)nc1C. The van der Waals surface area contributed by atoms with E-state index in [9.17, 15) is 0 Å². The average Bonchev–Trinajstić information content (AvgIpc) is 2.94. The number of hydrogen-bond acceptors (Lipinski definition) is 4. The Labute approximate surface area is 121 Å². The molecule has 4 nitrogen and oxygen atoms in total. The zero-order valence-corrected chi connectivity index (χ0v) is 12.6. The van der Waals surface area contributed by atoms with Gasteiger partial charge in [0.2, 0.25) is 0 Å². The molecule has 2 fully saturated rings. The second-order valence-electron chi connectivity index (χ2n) is 5.80. The molecule has 1 aliphatic heterocycles. The molecule has 2 aliphatic rings. The Morgan fingerprint density at radius 3 is 3.10 bits per heavy atom. The summed E-state index contributed by atoms with van der Waals surface area (Å²) in [5.41, 5.74) is 2.44. The predicted octanol–water partition coefficient (Wildman–Crippen LogP) is 2.26. The Balaban J connectivity index is 1.77. The topological polar surface area (TPSA) is 37.4 Å². The Morgan fingerprint density at radius 1 is 1.40 bits per heavy atom. The summed E-state index contributed by atoms with van der Waals surface area (Å²) in [4.78, 5) is 7.30. The third-order valence-corrected chi connectivity index (χ3v) is 4.52. The fourth-order valence-corrected chi connectivity index (χ4v) is 3.39. The summed E-state index contributed by atoms with van der Waals surface area (Å²) in [7, 11) is 0. The van der Waals surface area contributed by atoms with Crippen LogP contribution < -0.4 is 10.2 Å². The van der Waals surface area contributed by atoms with Crippen LogP contribution in [0.25, 0.3) is 0 Å². The quantitative estimate of drug-likeness (QED) is 0.914. The Hall–Kier alpha value is -1.13. The lowest BCUT2D eigenvalue weighted by Gasteiger charge is -2.38. The molecule has 0 bridgehead atoms. The highest BCUT2D eigenvalue weighted by molar-refractivity contribution is 5.44. The van der Waals surface area contributed by atoms with Crippen molar-refractivity contribution < 1.29 is 4.74 Å². The summed E-state index contributed by atoms with van der Waals surface area (Å²) in [5, 5.41) is 3.37. The number of aromatic nitrogens is 1. The minimum atomic E-state index is 0.423. The molecule has 1 aliphatic carbocycles. The van der Waals surface area contributed by atoms with Crippen LogP contribution in [0.4, 0.5) is 5.82 Å². The molecule has 0 radical (unpaired) electrons. The van der Waals surface area contributed by atoms with Crippen LogP contribution in [0.1, 0.15) is 37.4 Å². The van der Waals surface area contributed by atoms with E-state index in [4.69, 9.17) is 9.72 Å². The molecule has 0 amide bonds. The first kappa shape index (κ1) is 13.8. The standard InChI is InChI=1S/C16H25N3O/c1-3-17-11-13-7-8-16(18-12(13)2)19-9-10-20-15-6-4-5-14(15)19/h7-8,14-15,17H,3-6,9-11H2,1-2H3. The molecule has 1 aromatic heterocycles. The summed E-state index contributed by atoms with van der Waals surface area (Å²) < 4.78 is 5.88. The number of anilines is 1. The number of aryl methyl sites for hydroxylation is 1. The molecule has 2 atom stereocenters. The first-order valence-corrected chi connectivity index (χ1v) is 7.85. The summed E-state index contributed by atoms with van der Waals surface area (Å²) in [5.74, 6) is 1.13. The smallest absolute Gasteiger partial charge is 0.129 e. The molecule has 2 unspecified atom stereocenters. The van der Waals surface area contributed by atoms with Gasteiger partial charge >= 0.3 is 0 Å². The van der Waals surface area contributed by atoms with Gasteiger partial charge in [-0.05, 0) is 44.4 Å². The van der Waals surface area contributed by atoms with Crippen molar-refractivity contribution in [1.29, 1.82) is 0 Å². The number of hydrogen-bond donors (Lipinski definition) is 1. The average molecular weight is 275 g/mol. The molecule has 0 aromatic carbocycles. The van der Waals surface area contributed by atoms with Crippen molar-refractivity contribution in [2.45, 2.75) is 51.8 Å². The van der Waals surface area contributed by atoms with Gasteiger partial charge in [0.1, 0.15) is 5.82 Å². The molecule has 0 spiro atoms. The van der Waals surface area contributed by atoms with Crippen LogP contribution in [-0.4, -0.2) is 36.8 Å². The van der Waals surface area contributed by atoms with E-state index in [1.54, 1.807) is 0 Å². The van der Waals surface area contributed by atoms with Crippen LogP contribution in [0.3, 0.4) is 0 Å². The Kier molecular flexibility index (Phi) is 4.22. The number of morpholine rings is 1. The molecule has 1 saturated carbocycles. The summed E-state index contributed by atoms with van der Waals surface area (Å²) in [6.45, 7) is 7.95. The fraction of sp³-hybridized carbons (Fsp3) is 0.688. The third kappa shape index (κ3) is 2.67. The number of nitrogens with one attached hydrogen (secondary N) is 1. The molecule has 1 saturated heterocycles. The second kappa shape index (κ2) is 6.10. The lowest BCUT2D eigenvalue weighted by atomic mass is 10.1. The molecule has 3 rings (SSSR count). The van der Waals surface area contributed by atoms with E-state index in [-0.39, 0.29) is 0 Å². The van der Waals surface area contributed by atoms with Crippen molar-refractivity contribution in [2.24, 2.45) is 0 Å². The molecule has 110 valence electrons. The van der Waals surface area contributed by atoms with Gasteiger partial charge in [0.25, 0.3) is 0 Å². The van der Waals surface area contributed by atoms with Crippen molar-refractivity contribution in [1.82, 2.24) is 10.3 Å². The normalized spacial score (nSPS) is 25.8. The zero-order chi connectivity index (χ0) is 13.9. The highest BCUT2D eigenvalue weighted by atomic mass is 16.5. The van der Waals surface area contributed by atoms with E-state index < -0.39 is 0 Å². The first-order chi connectivity index (χ1) is 9.79. The maximum absolute atomic E-state index is 5.88. The summed E-state index contributed by atoms with van der Waals surface area (Å²) in [6, 6.07) is 4.94. The Bertz CT molecular complexity index is 463. The van der Waals surface area contributed by atoms with Crippen LogP contribution in [0.5, 0.6) is 0 Å². The van der Waals surface area contributed by atoms with Gasteiger partial charge in [0.05, 0.1) is 18.8 Å². The summed E-state index contributed by atoms with van der Waals surface area (Å²) >= 11 is 0. The van der Waals surface area contributed by atoms with Crippen LogP contribution in [-0.2, 0) is 11.3 Å². The largest absolute Gasteiger partial charge is 0.374 e. The minimum Gasteiger partial charge on any atom is -0.374 e. The molecule has 1 aromatic rings. The zero-order valence-electron chi connectivity index (χ0n) is 12.6. The number of rotatable bonds is 4. The summed E-state index contributed by atoms with van der Waals surface area (Å²) in [6.07, 6.45) is 4.15. The van der Waals surface area contributed by atoms with E-state index in [1.807, 2.05) is 0 Å². The fourth-order valence-electron chi connectivity index (χ4n) is 3.39. The molecular weight excluding hydrogens is 250 g/mol. The van der Waals surface area contributed by atoms with Crippen LogP contribution >= 0.6 is 0 Å². The highest BCUT2D eigenvalue weighted by Gasteiger charge is 2.36. The van der Waals surface area contributed by atoms with Gasteiger partial charge in [-0.2, -0.15) is 0 Å². The van der Waals surface area contributed by atoms with Crippen LogP contribution in [0.2, 0.25) is 0 Å².